The third-order valence-electron chi connectivity index (χ3n) is 5.31. The molecule has 26 heavy (non-hydrogen) atoms. The maximum Gasteiger partial charge on any atom is 0.248 e. The number of benzene rings is 1. The Kier molecular flexibility index (Phi) is 4.83. The van der Waals surface area contributed by atoms with Crippen molar-refractivity contribution in [2.75, 3.05) is 18.4 Å². The van der Waals surface area contributed by atoms with Crippen LogP contribution < -0.4 is 10.6 Å². The second kappa shape index (κ2) is 7.41. The van der Waals surface area contributed by atoms with Gasteiger partial charge in [-0.15, -0.1) is 0 Å². The molecule has 8 nitrogen and oxygen atoms in total. The van der Waals surface area contributed by atoms with E-state index in [1.807, 2.05) is 42.2 Å². The number of nitrogens with one attached hydrogen (secondary N) is 2. The Morgan fingerprint density at radius 3 is 2.88 bits per heavy atom. The van der Waals surface area contributed by atoms with Gasteiger partial charge in [0.05, 0.1) is 5.69 Å². The number of likely N-dealkylation sites (tertiary alicyclic amines) is 1. The minimum atomic E-state index is -0.333. The van der Waals surface area contributed by atoms with Crippen LogP contribution in [0.25, 0.3) is 5.69 Å². The van der Waals surface area contributed by atoms with Crippen LogP contribution in [-0.4, -0.2) is 62.2 Å². The average molecular weight is 355 g/mol. The molecule has 8 heteroatoms. The number of nitrogens with zero attached hydrogens (tertiary/aromatic N) is 5. The number of tetrazole rings is 1. The minimum absolute atomic E-state index is 0.129. The molecule has 3 heterocycles. The van der Waals surface area contributed by atoms with Crippen molar-refractivity contribution in [2.24, 2.45) is 0 Å². The number of hydrogen-bond acceptors (Lipinski definition) is 6. The molecule has 2 aromatic rings. The van der Waals surface area contributed by atoms with E-state index in [1.54, 1.807) is 4.68 Å². The van der Waals surface area contributed by atoms with E-state index in [-0.39, 0.29) is 11.9 Å². The number of hydrogen-bond donors (Lipinski definition) is 2. The van der Waals surface area contributed by atoms with E-state index in [9.17, 15) is 4.79 Å². The molecule has 2 aliphatic rings. The van der Waals surface area contributed by atoms with Gasteiger partial charge in [-0.05, 0) is 48.2 Å². The van der Waals surface area contributed by atoms with E-state index in [0.29, 0.717) is 24.5 Å². The third-order valence-corrected chi connectivity index (χ3v) is 5.31. The van der Waals surface area contributed by atoms with Crippen molar-refractivity contribution in [3.63, 3.8) is 0 Å². The summed E-state index contributed by atoms with van der Waals surface area (Å²) in [6, 6.07) is 10.3. The fourth-order valence-corrected chi connectivity index (χ4v) is 3.88. The Morgan fingerprint density at radius 2 is 2.08 bits per heavy atom. The molecule has 138 valence electrons. The highest BCUT2D eigenvalue weighted by Crippen LogP contribution is 2.21. The molecular formula is C18H25N7O. The van der Waals surface area contributed by atoms with Crippen LogP contribution in [0.4, 0.5) is 5.95 Å². The third kappa shape index (κ3) is 3.41. The summed E-state index contributed by atoms with van der Waals surface area (Å²) in [5, 5.41) is 18.8. The van der Waals surface area contributed by atoms with Crippen LogP contribution in [0.3, 0.4) is 0 Å². The molecule has 0 radical (unpaired) electrons. The van der Waals surface area contributed by atoms with Crippen LogP contribution in [0.15, 0.2) is 30.3 Å². The molecule has 0 saturated carbocycles. The van der Waals surface area contributed by atoms with Crippen molar-refractivity contribution >= 4 is 11.9 Å². The number of aromatic nitrogens is 4. The van der Waals surface area contributed by atoms with Gasteiger partial charge in [-0.25, -0.2) is 0 Å². The first-order valence-corrected chi connectivity index (χ1v) is 9.39. The first-order valence-electron chi connectivity index (χ1n) is 9.39. The highest BCUT2D eigenvalue weighted by atomic mass is 16.2. The molecular weight excluding hydrogens is 330 g/mol. The molecule has 3 atom stereocenters. The summed E-state index contributed by atoms with van der Waals surface area (Å²) in [7, 11) is 0. The number of carbonyl (C=O) groups is 1. The van der Waals surface area contributed by atoms with Gasteiger partial charge in [-0.1, -0.05) is 30.2 Å². The molecule has 4 rings (SSSR count). The fraction of sp³-hybridized carbons (Fsp3) is 0.556. The molecule has 0 spiro atoms. The minimum Gasteiger partial charge on any atom is -0.341 e. The summed E-state index contributed by atoms with van der Waals surface area (Å²) in [4.78, 5) is 15.1. The Hall–Kier alpha value is -2.48. The first-order chi connectivity index (χ1) is 12.7. The number of amides is 1. The van der Waals surface area contributed by atoms with Gasteiger partial charge in [0.15, 0.2) is 0 Å². The quantitative estimate of drug-likeness (QED) is 0.838. The Labute approximate surface area is 152 Å². The van der Waals surface area contributed by atoms with Crippen LogP contribution in [0.5, 0.6) is 0 Å². The molecule has 2 fully saturated rings. The number of carbonyl (C=O) groups excluding carboxylic acids is 1. The standard InChI is InChI=1S/C18H25N7O/c1-2-16(17(26)24-11-10-13-8-9-14(12-24)19-13)20-18-21-22-23-25(18)15-6-4-3-5-7-15/h3-7,13-14,16,19H,2,8-12H2,1H3,(H,20,21,23). The normalized spacial score (nSPS) is 23.5. The van der Waals surface area contributed by atoms with Crippen LogP contribution >= 0.6 is 0 Å². The molecule has 2 N–H and O–H groups in total. The zero-order chi connectivity index (χ0) is 17.9. The molecule has 1 amide bonds. The molecule has 2 bridgehead atoms. The van der Waals surface area contributed by atoms with Crippen molar-refractivity contribution in [3.05, 3.63) is 30.3 Å². The molecule has 2 aliphatic heterocycles. The number of rotatable bonds is 5. The second-order valence-corrected chi connectivity index (χ2v) is 7.07. The van der Waals surface area contributed by atoms with E-state index in [1.165, 1.54) is 6.42 Å². The molecule has 2 saturated heterocycles. The summed E-state index contributed by atoms with van der Waals surface area (Å²) in [6.07, 6.45) is 4.10. The van der Waals surface area contributed by atoms with Crippen molar-refractivity contribution in [3.8, 4) is 5.69 Å². The predicted octanol–water partition coefficient (Wildman–Crippen LogP) is 1.21. The Balaban J connectivity index is 1.48. The van der Waals surface area contributed by atoms with Gasteiger partial charge < -0.3 is 15.5 Å². The fourth-order valence-electron chi connectivity index (χ4n) is 3.88. The Bertz CT molecular complexity index is 747. The lowest BCUT2D eigenvalue weighted by atomic mass is 10.1. The van der Waals surface area contributed by atoms with Gasteiger partial charge in [-0.2, -0.15) is 4.68 Å². The summed E-state index contributed by atoms with van der Waals surface area (Å²) >= 11 is 0. The van der Waals surface area contributed by atoms with Crippen molar-refractivity contribution < 1.29 is 4.79 Å². The van der Waals surface area contributed by atoms with Crippen molar-refractivity contribution in [2.45, 2.75) is 50.7 Å². The van der Waals surface area contributed by atoms with Gasteiger partial charge >= 0.3 is 0 Å². The number of para-hydroxylation sites is 1. The highest BCUT2D eigenvalue weighted by molar-refractivity contribution is 5.84. The van der Waals surface area contributed by atoms with E-state index in [0.717, 1.165) is 31.6 Å². The Morgan fingerprint density at radius 1 is 1.27 bits per heavy atom. The smallest absolute Gasteiger partial charge is 0.248 e. The van der Waals surface area contributed by atoms with Gasteiger partial charge in [0.2, 0.25) is 11.9 Å². The molecule has 1 aromatic carbocycles. The van der Waals surface area contributed by atoms with E-state index in [2.05, 4.69) is 26.2 Å². The first kappa shape index (κ1) is 17.0. The van der Waals surface area contributed by atoms with E-state index in [4.69, 9.17) is 0 Å². The van der Waals surface area contributed by atoms with Gasteiger partial charge in [0, 0.05) is 25.2 Å². The lowest BCUT2D eigenvalue weighted by Crippen LogP contribution is -2.46. The summed E-state index contributed by atoms with van der Waals surface area (Å²) in [5.41, 5.74) is 0.860. The van der Waals surface area contributed by atoms with Crippen LogP contribution in [-0.2, 0) is 4.79 Å². The average Bonchev–Trinajstić information content (AvgIpc) is 3.26. The summed E-state index contributed by atoms with van der Waals surface area (Å²) in [6.45, 7) is 3.61. The number of anilines is 1. The van der Waals surface area contributed by atoms with Gasteiger partial charge in [-0.3, -0.25) is 4.79 Å². The maximum atomic E-state index is 13.1. The lowest BCUT2D eigenvalue weighted by Gasteiger charge is -2.28. The summed E-state index contributed by atoms with van der Waals surface area (Å²) < 4.78 is 1.63. The zero-order valence-corrected chi connectivity index (χ0v) is 15.0. The predicted molar refractivity (Wildman–Crippen MR) is 98.0 cm³/mol. The molecule has 1 aromatic heterocycles. The van der Waals surface area contributed by atoms with E-state index >= 15 is 0 Å². The monoisotopic (exact) mass is 355 g/mol. The highest BCUT2D eigenvalue weighted by Gasteiger charge is 2.33. The topological polar surface area (TPSA) is 88.0 Å². The second-order valence-electron chi connectivity index (χ2n) is 7.07. The molecule has 3 unspecified atom stereocenters. The molecule has 0 aliphatic carbocycles. The van der Waals surface area contributed by atoms with E-state index < -0.39 is 0 Å². The maximum absolute atomic E-state index is 13.1. The van der Waals surface area contributed by atoms with Crippen molar-refractivity contribution in [1.29, 1.82) is 0 Å². The van der Waals surface area contributed by atoms with Crippen LogP contribution in [0, 0.1) is 0 Å². The van der Waals surface area contributed by atoms with Crippen LogP contribution in [0.2, 0.25) is 0 Å². The largest absolute Gasteiger partial charge is 0.341 e. The zero-order valence-electron chi connectivity index (χ0n) is 15.0. The lowest BCUT2D eigenvalue weighted by molar-refractivity contribution is -0.132. The van der Waals surface area contributed by atoms with Crippen LogP contribution in [0.1, 0.15) is 32.6 Å². The SMILES string of the molecule is CCC(Nc1nnnn1-c1ccccc1)C(=O)N1CCC2CCC(C1)N2. The van der Waals surface area contributed by atoms with Gasteiger partial charge in [0.1, 0.15) is 6.04 Å². The number of fused-ring (bicyclic) bond motifs is 2. The summed E-state index contributed by atoms with van der Waals surface area (Å²) in [5.74, 6) is 0.621. The van der Waals surface area contributed by atoms with Gasteiger partial charge in [0.25, 0.3) is 0 Å². The van der Waals surface area contributed by atoms with Crippen molar-refractivity contribution in [1.82, 2.24) is 30.4 Å².